The number of hydrogen-bond acceptors (Lipinski definition) is 5. The molecule has 32 heavy (non-hydrogen) atoms. The molecule has 0 aliphatic carbocycles. The van der Waals surface area contributed by atoms with Crippen molar-refractivity contribution in [3.63, 3.8) is 0 Å². The van der Waals surface area contributed by atoms with Crippen LogP contribution in [0.3, 0.4) is 0 Å². The second-order valence-electron chi connectivity index (χ2n) is 8.18. The van der Waals surface area contributed by atoms with Crippen molar-refractivity contribution in [1.82, 2.24) is 0 Å². The van der Waals surface area contributed by atoms with Crippen LogP contribution < -0.4 is 9.46 Å². The molecule has 0 amide bonds. The van der Waals surface area contributed by atoms with E-state index >= 15 is 0 Å². The summed E-state index contributed by atoms with van der Waals surface area (Å²) in [6.07, 6.45) is 5.31. The minimum absolute atomic E-state index is 0.0977. The van der Waals surface area contributed by atoms with Gasteiger partial charge in [0.1, 0.15) is 17.1 Å². The van der Waals surface area contributed by atoms with E-state index in [0.29, 0.717) is 28.3 Å². The maximum atomic E-state index is 12.5. The van der Waals surface area contributed by atoms with E-state index in [9.17, 15) is 13.5 Å². The number of nitrogens with zero attached hydrogens (tertiary/aromatic N) is 1. The number of aliphatic imine (C=N–C) groups is 1. The second kappa shape index (κ2) is 8.16. The molecular weight excluding hydrogens is 424 g/mol. The molecule has 0 saturated carbocycles. The van der Waals surface area contributed by atoms with Gasteiger partial charge >= 0.3 is 0 Å². The lowest BCUT2D eigenvalue weighted by Gasteiger charge is -2.28. The van der Waals surface area contributed by atoms with E-state index in [1.54, 1.807) is 60.8 Å². The summed E-state index contributed by atoms with van der Waals surface area (Å²) in [4.78, 5) is 4.60. The third-order valence-electron chi connectivity index (χ3n) is 5.04. The summed E-state index contributed by atoms with van der Waals surface area (Å²) < 4.78 is 33.5. The highest BCUT2D eigenvalue weighted by atomic mass is 32.2. The second-order valence-corrected chi connectivity index (χ2v) is 9.86. The average molecular weight is 449 g/mol. The van der Waals surface area contributed by atoms with Crippen molar-refractivity contribution in [2.45, 2.75) is 31.3 Å². The van der Waals surface area contributed by atoms with Gasteiger partial charge in [-0.1, -0.05) is 17.7 Å². The molecule has 3 aromatic rings. The predicted octanol–water partition coefficient (Wildman–Crippen LogP) is 5.44. The number of fused-ring (bicyclic) bond motifs is 1. The highest BCUT2D eigenvalue weighted by Crippen LogP contribution is 2.38. The number of benzene rings is 3. The van der Waals surface area contributed by atoms with Gasteiger partial charge in [-0.15, -0.1) is 0 Å². The Balaban J connectivity index is 1.49. The first-order chi connectivity index (χ1) is 15.1. The summed E-state index contributed by atoms with van der Waals surface area (Å²) in [5.41, 5.74) is 2.80. The first-order valence-electron chi connectivity index (χ1n) is 10.1. The van der Waals surface area contributed by atoms with Crippen LogP contribution in [0.15, 0.2) is 76.6 Å². The Kier molecular flexibility index (Phi) is 5.52. The van der Waals surface area contributed by atoms with Gasteiger partial charge in [-0.3, -0.25) is 9.71 Å². The smallest absolute Gasteiger partial charge is 0.261 e. The van der Waals surface area contributed by atoms with Crippen LogP contribution in [-0.2, 0) is 10.0 Å². The molecule has 4 rings (SSSR count). The fourth-order valence-electron chi connectivity index (χ4n) is 3.25. The highest BCUT2D eigenvalue weighted by Gasteiger charge is 2.24. The van der Waals surface area contributed by atoms with E-state index in [0.717, 1.165) is 5.56 Å². The molecular formula is C25H24N2O4S. The number of aromatic hydroxyl groups is 1. The molecule has 7 heteroatoms. The number of sulfonamides is 1. The van der Waals surface area contributed by atoms with Crippen LogP contribution in [0.5, 0.6) is 11.5 Å². The van der Waals surface area contributed by atoms with Crippen molar-refractivity contribution >= 4 is 33.7 Å². The van der Waals surface area contributed by atoms with Gasteiger partial charge in [-0.2, -0.15) is 0 Å². The molecule has 2 N–H and O–H groups in total. The monoisotopic (exact) mass is 448 g/mol. The molecule has 0 radical (unpaired) electrons. The quantitative estimate of drug-likeness (QED) is 0.509. The standard InChI is InChI=1S/C25H24N2O4S/c1-17-4-11-21(12-5-17)32(29,30)27-20-9-7-19(8-10-20)26-16-18-6-13-23-22(24(18)28)14-15-25(2,3)31-23/h4-16,27-28H,1-3H3. The molecule has 164 valence electrons. The number of aryl methyl sites for hydroxylation is 1. The third kappa shape index (κ3) is 4.68. The molecule has 0 atom stereocenters. The van der Waals surface area contributed by atoms with Crippen molar-refractivity contribution in [2.75, 3.05) is 4.72 Å². The summed E-state index contributed by atoms with van der Waals surface area (Å²) in [6.45, 7) is 5.80. The van der Waals surface area contributed by atoms with Crippen molar-refractivity contribution in [3.05, 3.63) is 83.4 Å². The van der Waals surface area contributed by atoms with Crippen molar-refractivity contribution < 1.29 is 18.3 Å². The molecule has 1 aliphatic heterocycles. The summed E-state index contributed by atoms with van der Waals surface area (Å²) >= 11 is 0. The summed E-state index contributed by atoms with van der Waals surface area (Å²) in [5, 5.41) is 10.6. The van der Waals surface area contributed by atoms with Crippen molar-refractivity contribution in [3.8, 4) is 11.5 Å². The van der Waals surface area contributed by atoms with E-state index in [1.165, 1.54) is 0 Å². The third-order valence-corrected chi connectivity index (χ3v) is 6.43. The maximum absolute atomic E-state index is 12.5. The maximum Gasteiger partial charge on any atom is 0.261 e. The SMILES string of the molecule is Cc1ccc(S(=O)(=O)Nc2ccc(N=Cc3ccc4c(c3O)C=CC(C)(C)O4)cc2)cc1. The number of phenols is 1. The minimum Gasteiger partial charge on any atom is -0.506 e. The summed E-state index contributed by atoms with van der Waals surface area (Å²) in [7, 11) is -3.66. The molecule has 0 aromatic heterocycles. The fourth-order valence-corrected chi connectivity index (χ4v) is 4.31. The van der Waals surface area contributed by atoms with Crippen LogP contribution in [0.4, 0.5) is 11.4 Å². The lowest BCUT2D eigenvalue weighted by molar-refractivity contribution is 0.158. The van der Waals surface area contributed by atoms with Gasteiger partial charge in [0.15, 0.2) is 0 Å². The van der Waals surface area contributed by atoms with Crippen LogP contribution in [0.1, 0.15) is 30.5 Å². The number of anilines is 1. The zero-order valence-corrected chi connectivity index (χ0v) is 18.8. The molecule has 6 nitrogen and oxygen atoms in total. The number of ether oxygens (including phenoxy) is 1. The molecule has 0 spiro atoms. The Hall–Kier alpha value is -3.58. The van der Waals surface area contributed by atoms with Gasteiger partial charge in [0.2, 0.25) is 0 Å². The topological polar surface area (TPSA) is 88.0 Å². The summed E-state index contributed by atoms with van der Waals surface area (Å²) in [6, 6.07) is 16.9. The fraction of sp³-hybridized carbons (Fsp3) is 0.160. The molecule has 0 unspecified atom stereocenters. The predicted molar refractivity (Wildman–Crippen MR) is 128 cm³/mol. The van der Waals surface area contributed by atoms with Crippen LogP contribution in [0, 0.1) is 6.92 Å². The van der Waals surface area contributed by atoms with Gasteiger partial charge in [0, 0.05) is 17.5 Å². The molecule has 3 aromatic carbocycles. The number of hydrogen-bond donors (Lipinski definition) is 2. The zero-order chi connectivity index (χ0) is 22.9. The molecule has 0 bridgehead atoms. The zero-order valence-electron chi connectivity index (χ0n) is 18.0. The number of phenolic OH excluding ortho intramolecular Hbond substituents is 1. The lowest BCUT2D eigenvalue weighted by Crippen LogP contribution is -2.27. The Morgan fingerprint density at radius 1 is 1.00 bits per heavy atom. The summed E-state index contributed by atoms with van der Waals surface area (Å²) in [5.74, 6) is 0.720. The lowest BCUT2D eigenvalue weighted by atomic mass is 10.00. The van der Waals surface area contributed by atoms with E-state index in [4.69, 9.17) is 4.74 Å². The first-order valence-corrected chi connectivity index (χ1v) is 11.6. The van der Waals surface area contributed by atoms with Crippen LogP contribution in [0.2, 0.25) is 0 Å². The number of rotatable bonds is 5. The van der Waals surface area contributed by atoms with E-state index < -0.39 is 15.6 Å². The van der Waals surface area contributed by atoms with E-state index in [2.05, 4.69) is 9.71 Å². The molecule has 1 aliphatic rings. The van der Waals surface area contributed by atoms with E-state index in [1.807, 2.05) is 39.0 Å². The first kappa shape index (κ1) is 21.6. The Bertz CT molecular complexity index is 1310. The van der Waals surface area contributed by atoms with E-state index in [-0.39, 0.29) is 10.6 Å². The van der Waals surface area contributed by atoms with Crippen molar-refractivity contribution in [2.24, 2.45) is 4.99 Å². The largest absolute Gasteiger partial charge is 0.506 e. The minimum atomic E-state index is -3.66. The van der Waals surface area contributed by atoms with Gasteiger partial charge in [0.25, 0.3) is 10.0 Å². The average Bonchev–Trinajstić information content (AvgIpc) is 2.74. The Morgan fingerprint density at radius 3 is 2.38 bits per heavy atom. The highest BCUT2D eigenvalue weighted by molar-refractivity contribution is 7.92. The van der Waals surface area contributed by atoms with Gasteiger partial charge < -0.3 is 9.84 Å². The van der Waals surface area contributed by atoms with Crippen LogP contribution in [-0.4, -0.2) is 25.3 Å². The molecule has 1 heterocycles. The Morgan fingerprint density at radius 2 is 1.69 bits per heavy atom. The van der Waals surface area contributed by atoms with Gasteiger partial charge in [-0.05, 0) is 81.5 Å². The van der Waals surface area contributed by atoms with Crippen molar-refractivity contribution in [1.29, 1.82) is 0 Å². The van der Waals surface area contributed by atoms with Gasteiger partial charge in [0.05, 0.1) is 16.1 Å². The number of nitrogens with one attached hydrogen (secondary N) is 1. The Labute approximate surface area is 188 Å². The normalized spacial score (nSPS) is 14.7. The molecule has 0 saturated heterocycles. The van der Waals surface area contributed by atoms with Crippen LogP contribution in [0.25, 0.3) is 6.08 Å². The van der Waals surface area contributed by atoms with Gasteiger partial charge in [-0.25, -0.2) is 8.42 Å². The van der Waals surface area contributed by atoms with Crippen LogP contribution >= 0.6 is 0 Å². The molecule has 0 fully saturated rings.